The van der Waals surface area contributed by atoms with Gasteiger partial charge in [0, 0.05) is 0 Å². The van der Waals surface area contributed by atoms with Crippen LogP contribution in [0.5, 0.6) is 0 Å². The molecule has 0 saturated carbocycles. The molecule has 3 rings (SSSR count). The highest BCUT2D eigenvalue weighted by molar-refractivity contribution is 6.14. The summed E-state index contributed by atoms with van der Waals surface area (Å²) in [5.74, 6) is -0.241. The zero-order chi connectivity index (χ0) is 14.5. The zero-order valence-corrected chi connectivity index (χ0v) is 11.1. The molecule has 0 heterocycles. The SMILES string of the molecule is O=C1C=CC(=O)C=C1.c1ccccc1.c1ccccc1. The van der Waals surface area contributed by atoms with E-state index in [4.69, 9.17) is 0 Å². The van der Waals surface area contributed by atoms with Gasteiger partial charge in [0.2, 0.25) is 0 Å². The minimum atomic E-state index is -0.121. The molecule has 0 saturated heterocycles. The Morgan fingerprint density at radius 3 is 0.650 bits per heavy atom. The lowest BCUT2D eigenvalue weighted by Crippen LogP contribution is -1.97. The van der Waals surface area contributed by atoms with Crippen LogP contribution in [-0.4, -0.2) is 11.6 Å². The standard InChI is InChI=1S/C6H4O2.2C6H6/c7-5-1-2-6(8)4-3-5;2*1-2-4-6-5-3-1/h1-4H;2*1-6H. The number of ketones is 2. The first-order chi connectivity index (χ1) is 9.79. The molecular weight excluding hydrogens is 248 g/mol. The number of benzene rings is 2. The number of hydrogen-bond donors (Lipinski definition) is 0. The Kier molecular flexibility index (Phi) is 7.82. The van der Waals surface area contributed by atoms with Gasteiger partial charge in [-0.05, 0) is 24.3 Å². The highest BCUT2D eigenvalue weighted by Crippen LogP contribution is 1.90. The lowest BCUT2D eigenvalue weighted by molar-refractivity contribution is -0.113. The first-order valence-electron chi connectivity index (χ1n) is 6.23. The van der Waals surface area contributed by atoms with Crippen LogP contribution in [0.15, 0.2) is 97.1 Å². The summed E-state index contributed by atoms with van der Waals surface area (Å²) in [5.41, 5.74) is 0. The van der Waals surface area contributed by atoms with Crippen LogP contribution in [0.3, 0.4) is 0 Å². The van der Waals surface area contributed by atoms with E-state index in [1.54, 1.807) is 0 Å². The number of carbonyl (C=O) groups is 2. The molecule has 1 aliphatic rings. The summed E-state index contributed by atoms with van der Waals surface area (Å²) in [5, 5.41) is 0. The maximum atomic E-state index is 10.3. The van der Waals surface area contributed by atoms with E-state index < -0.39 is 0 Å². The van der Waals surface area contributed by atoms with Gasteiger partial charge in [0.1, 0.15) is 0 Å². The van der Waals surface area contributed by atoms with Gasteiger partial charge in [0.15, 0.2) is 11.6 Å². The van der Waals surface area contributed by atoms with E-state index in [9.17, 15) is 9.59 Å². The average Bonchev–Trinajstić information content (AvgIpc) is 2.55. The summed E-state index contributed by atoms with van der Waals surface area (Å²) in [6, 6.07) is 24.0. The molecule has 0 unspecified atom stereocenters. The summed E-state index contributed by atoms with van der Waals surface area (Å²) >= 11 is 0. The summed E-state index contributed by atoms with van der Waals surface area (Å²) in [4.78, 5) is 20.6. The molecule has 0 aliphatic heterocycles. The van der Waals surface area contributed by atoms with E-state index in [1.807, 2.05) is 72.8 Å². The average molecular weight is 264 g/mol. The summed E-state index contributed by atoms with van der Waals surface area (Å²) in [7, 11) is 0. The van der Waals surface area contributed by atoms with Crippen molar-refractivity contribution in [3.63, 3.8) is 0 Å². The number of carbonyl (C=O) groups excluding carboxylic acids is 2. The van der Waals surface area contributed by atoms with Gasteiger partial charge in [0.25, 0.3) is 0 Å². The molecule has 2 aromatic carbocycles. The minimum absolute atomic E-state index is 0.121. The fourth-order valence-corrected chi connectivity index (χ4v) is 1.21. The van der Waals surface area contributed by atoms with Crippen molar-refractivity contribution in [1.82, 2.24) is 0 Å². The van der Waals surface area contributed by atoms with Crippen LogP contribution >= 0.6 is 0 Å². The molecule has 0 atom stereocenters. The molecule has 0 aromatic heterocycles. The monoisotopic (exact) mass is 264 g/mol. The van der Waals surface area contributed by atoms with E-state index >= 15 is 0 Å². The first kappa shape index (κ1) is 15.3. The first-order valence-corrected chi connectivity index (χ1v) is 6.23. The van der Waals surface area contributed by atoms with Crippen LogP contribution in [0.4, 0.5) is 0 Å². The Morgan fingerprint density at radius 1 is 0.350 bits per heavy atom. The molecule has 2 nitrogen and oxygen atoms in total. The van der Waals surface area contributed by atoms with Gasteiger partial charge in [-0.25, -0.2) is 0 Å². The van der Waals surface area contributed by atoms with Gasteiger partial charge in [-0.3, -0.25) is 9.59 Å². The molecule has 0 bridgehead atoms. The lowest BCUT2D eigenvalue weighted by Gasteiger charge is -1.87. The Labute approximate surface area is 119 Å². The highest BCUT2D eigenvalue weighted by atomic mass is 16.1. The fourth-order valence-electron chi connectivity index (χ4n) is 1.21. The highest BCUT2D eigenvalue weighted by Gasteiger charge is 1.97. The molecule has 0 N–H and O–H groups in total. The molecule has 1 aliphatic carbocycles. The van der Waals surface area contributed by atoms with E-state index in [0.717, 1.165) is 0 Å². The smallest absolute Gasteiger partial charge is 0.178 e. The van der Waals surface area contributed by atoms with Crippen molar-refractivity contribution in [2.75, 3.05) is 0 Å². The van der Waals surface area contributed by atoms with Crippen molar-refractivity contribution in [1.29, 1.82) is 0 Å². The normalized spacial score (nSPS) is 11.8. The van der Waals surface area contributed by atoms with Gasteiger partial charge in [-0.1, -0.05) is 72.8 Å². The lowest BCUT2D eigenvalue weighted by atomic mass is 10.2. The molecule has 2 heteroatoms. The van der Waals surface area contributed by atoms with Crippen LogP contribution in [0.25, 0.3) is 0 Å². The topological polar surface area (TPSA) is 34.1 Å². The molecular formula is C18H16O2. The van der Waals surface area contributed by atoms with Crippen LogP contribution < -0.4 is 0 Å². The van der Waals surface area contributed by atoms with Crippen molar-refractivity contribution in [2.24, 2.45) is 0 Å². The molecule has 0 amide bonds. The summed E-state index contributed by atoms with van der Waals surface area (Å²) in [6.07, 6.45) is 5.01. The second-order valence-electron chi connectivity index (χ2n) is 3.78. The second kappa shape index (κ2) is 10.2. The molecule has 2 aromatic rings. The Hall–Kier alpha value is -2.74. The van der Waals surface area contributed by atoms with E-state index in [2.05, 4.69) is 0 Å². The third-order valence-corrected chi connectivity index (χ3v) is 2.16. The molecule has 100 valence electrons. The largest absolute Gasteiger partial charge is 0.290 e. The predicted octanol–water partition coefficient (Wildman–Crippen LogP) is 3.62. The van der Waals surface area contributed by atoms with Crippen molar-refractivity contribution in [3.8, 4) is 0 Å². The third kappa shape index (κ3) is 8.37. The molecule has 0 spiro atoms. The van der Waals surface area contributed by atoms with Crippen molar-refractivity contribution < 1.29 is 9.59 Å². The third-order valence-electron chi connectivity index (χ3n) is 2.16. The summed E-state index contributed by atoms with van der Waals surface area (Å²) < 4.78 is 0. The van der Waals surface area contributed by atoms with Gasteiger partial charge in [-0.2, -0.15) is 0 Å². The summed E-state index contributed by atoms with van der Waals surface area (Å²) in [6.45, 7) is 0. The van der Waals surface area contributed by atoms with Crippen molar-refractivity contribution in [2.45, 2.75) is 0 Å². The number of allylic oxidation sites excluding steroid dienone is 4. The molecule has 20 heavy (non-hydrogen) atoms. The van der Waals surface area contributed by atoms with Crippen molar-refractivity contribution >= 4 is 11.6 Å². The van der Waals surface area contributed by atoms with Crippen molar-refractivity contribution in [3.05, 3.63) is 97.1 Å². The zero-order valence-electron chi connectivity index (χ0n) is 11.1. The number of hydrogen-bond acceptors (Lipinski definition) is 2. The Morgan fingerprint density at radius 2 is 0.500 bits per heavy atom. The van der Waals surface area contributed by atoms with Crippen LogP contribution in [-0.2, 0) is 9.59 Å². The predicted molar refractivity (Wildman–Crippen MR) is 81.2 cm³/mol. The van der Waals surface area contributed by atoms with Crippen LogP contribution in [0, 0.1) is 0 Å². The molecule has 0 fully saturated rings. The van der Waals surface area contributed by atoms with Gasteiger partial charge in [0.05, 0.1) is 0 Å². The van der Waals surface area contributed by atoms with Crippen LogP contribution in [0.1, 0.15) is 0 Å². The second-order valence-corrected chi connectivity index (χ2v) is 3.78. The maximum Gasteiger partial charge on any atom is 0.178 e. The minimum Gasteiger partial charge on any atom is -0.290 e. The quantitative estimate of drug-likeness (QED) is 0.681. The Bertz CT molecular complexity index is 432. The number of rotatable bonds is 0. The van der Waals surface area contributed by atoms with E-state index in [0.29, 0.717) is 0 Å². The van der Waals surface area contributed by atoms with E-state index in [-0.39, 0.29) is 11.6 Å². The van der Waals surface area contributed by atoms with Gasteiger partial charge in [-0.15, -0.1) is 0 Å². The fraction of sp³-hybridized carbons (Fsp3) is 0. The van der Waals surface area contributed by atoms with E-state index in [1.165, 1.54) is 24.3 Å². The van der Waals surface area contributed by atoms with Gasteiger partial charge >= 0.3 is 0 Å². The van der Waals surface area contributed by atoms with Gasteiger partial charge < -0.3 is 0 Å². The van der Waals surface area contributed by atoms with Crippen LogP contribution in [0.2, 0.25) is 0 Å². The Balaban J connectivity index is 0.000000152. The molecule has 0 radical (unpaired) electrons. The maximum absolute atomic E-state index is 10.3.